The molecule has 5 heteroatoms. The van der Waals surface area contributed by atoms with Crippen molar-refractivity contribution < 1.29 is 9.26 Å². The summed E-state index contributed by atoms with van der Waals surface area (Å²) in [6.07, 6.45) is 4.05. The fraction of sp³-hybridized carbons (Fsp3) is 0.800. The molecule has 1 fully saturated rings. The molecule has 1 unspecified atom stereocenters. The molecule has 1 heterocycles. The number of methoxy groups -OCH3 is 1. The van der Waals surface area contributed by atoms with E-state index in [1.54, 1.807) is 7.11 Å². The van der Waals surface area contributed by atoms with E-state index in [1.165, 1.54) is 6.42 Å². The van der Waals surface area contributed by atoms with Crippen LogP contribution in [0.2, 0.25) is 0 Å². The lowest BCUT2D eigenvalue weighted by Gasteiger charge is -2.39. The van der Waals surface area contributed by atoms with Gasteiger partial charge in [-0.25, -0.2) is 0 Å². The van der Waals surface area contributed by atoms with E-state index in [9.17, 15) is 0 Å². The van der Waals surface area contributed by atoms with Crippen molar-refractivity contribution in [2.24, 2.45) is 5.73 Å². The third kappa shape index (κ3) is 2.03. The molecule has 2 N–H and O–H groups in total. The molecule has 1 saturated carbocycles. The number of rotatable bonds is 4. The molecule has 15 heavy (non-hydrogen) atoms. The Morgan fingerprint density at radius 3 is 2.73 bits per heavy atom. The van der Waals surface area contributed by atoms with Crippen LogP contribution < -0.4 is 5.73 Å². The molecule has 1 aromatic rings. The summed E-state index contributed by atoms with van der Waals surface area (Å²) in [5.41, 5.74) is 5.59. The van der Waals surface area contributed by atoms with Gasteiger partial charge in [0.1, 0.15) is 0 Å². The topological polar surface area (TPSA) is 74.2 Å². The number of hydrogen-bond acceptors (Lipinski definition) is 5. The average Bonchev–Trinajstić information content (AvgIpc) is 2.59. The summed E-state index contributed by atoms with van der Waals surface area (Å²) >= 11 is 0. The molecular weight excluding hydrogens is 194 g/mol. The quantitative estimate of drug-likeness (QED) is 0.810. The average molecular weight is 211 g/mol. The molecule has 0 bridgehead atoms. The van der Waals surface area contributed by atoms with Crippen molar-refractivity contribution in [2.75, 3.05) is 7.11 Å². The highest BCUT2D eigenvalue weighted by atomic mass is 16.5. The van der Waals surface area contributed by atoms with Gasteiger partial charge in [0.25, 0.3) is 0 Å². The van der Waals surface area contributed by atoms with Gasteiger partial charge in [-0.05, 0) is 26.2 Å². The van der Waals surface area contributed by atoms with Gasteiger partial charge in [-0.3, -0.25) is 0 Å². The molecule has 0 spiro atoms. The van der Waals surface area contributed by atoms with Crippen LogP contribution in [0.1, 0.15) is 43.9 Å². The minimum atomic E-state index is -0.178. The second-order valence-electron chi connectivity index (χ2n) is 4.25. The first-order valence-electron chi connectivity index (χ1n) is 5.28. The zero-order valence-corrected chi connectivity index (χ0v) is 9.19. The largest absolute Gasteiger partial charge is 0.378 e. The van der Waals surface area contributed by atoms with Crippen molar-refractivity contribution in [2.45, 2.75) is 44.2 Å². The Morgan fingerprint density at radius 2 is 2.33 bits per heavy atom. The number of nitrogens with two attached hydrogens (primary N) is 1. The van der Waals surface area contributed by atoms with Crippen LogP contribution in [0, 0.1) is 0 Å². The van der Waals surface area contributed by atoms with E-state index in [0.717, 1.165) is 12.8 Å². The second-order valence-corrected chi connectivity index (χ2v) is 4.25. The Labute approximate surface area is 89.0 Å². The molecule has 5 nitrogen and oxygen atoms in total. The maximum atomic E-state index is 5.65. The molecular formula is C10H17N3O2. The number of nitrogens with zero attached hydrogens (tertiary/aromatic N) is 2. The van der Waals surface area contributed by atoms with E-state index in [2.05, 4.69) is 10.1 Å². The summed E-state index contributed by atoms with van der Waals surface area (Å²) in [7, 11) is 1.74. The van der Waals surface area contributed by atoms with Crippen molar-refractivity contribution in [1.29, 1.82) is 0 Å². The Bertz CT molecular complexity index is 326. The summed E-state index contributed by atoms with van der Waals surface area (Å²) in [6.45, 7) is 1.84. The van der Waals surface area contributed by atoms with Gasteiger partial charge < -0.3 is 15.0 Å². The van der Waals surface area contributed by atoms with E-state index in [4.69, 9.17) is 15.0 Å². The van der Waals surface area contributed by atoms with Gasteiger partial charge in [-0.2, -0.15) is 4.98 Å². The third-order valence-electron chi connectivity index (χ3n) is 3.06. The minimum Gasteiger partial charge on any atom is -0.378 e. The van der Waals surface area contributed by atoms with Crippen LogP contribution in [0.3, 0.4) is 0 Å². The van der Waals surface area contributed by atoms with Crippen LogP contribution in [-0.4, -0.2) is 22.9 Å². The van der Waals surface area contributed by atoms with Crippen LogP contribution in [0.4, 0.5) is 0 Å². The first kappa shape index (κ1) is 10.6. The van der Waals surface area contributed by atoms with Gasteiger partial charge in [-0.15, -0.1) is 0 Å². The number of hydrogen-bond donors (Lipinski definition) is 1. The molecule has 0 saturated heterocycles. The van der Waals surface area contributed by atoms with Crippen LogP contribution in [-0.2, 0) is 11.2 Å². The smallest absolute Gasteiger partial charge is 0.229 e. The number of aromatic nitrogens is 2. The van der Waals surface area contributed by atoms with E-state index < -0.39 is 0 Å². The van der Waals surface area contributed by atoms with Crippen LogP contribution >= 0.6 is 0 Å². The molecule has 0 radical (unpaired) electrons. The lowest BCUT2D eigenvalue weighted by atomic mass is 9.77. The fourth-order valence-electron chi connectivity index (χ4n) is 1.82. The van der Waals surface area contributed by atoms with E-state index in [0.29, 0.717) is 18.1 Å². The predicted octanol–water partition coefficient (Wildman–Crippen LogP) is 1.20. The van der Waals surface area contributed by atoms with E-state index in [-0.39, 0.29) is 11.6 Å². The van der Waals surface area contributed by atoms with Crippen molar-refractivity contribution in [3.63, 3.8) is 0 Å². The summed E-state index contributed by atoms with van der Waals surface area (Å²) in [5.74, 6) is 1.19. The highest BCUT2D eigenvalue weighted by molar-refractivity contribution is 5.00. The monoisotopic (exact) mass is 211 g/mol. The zero-order chi connectivity index (χ0) is 10.9. The molecule has 0 aromatic carbocycles. The van der Waals surface area contributed by atoms with Gasteiger partial charge in [0.05, 0.1) is 18.1 Å². The minimum absolute atomic E-state index is 0.0678. The van der Waals surface area contributed by atoms with Crippen LogP contribution in [0.15, 0.2) is 4.52 Å². The third-order valence-corrected chi connectivity index (χ3v) is 3.06. The molecule has 2 rings (SSSR count). The second kappa shape index (κ2) is 3.90. The van der Waals surface area contributed by atoms with Crippen molar-refractivity contribution in [3.05, 3.63) is 11.7 Å². The SMILES string of the molecule is COC1(Cc2nc(C(C)N)no2)CCC1. The number of ether oxygens (including phenoxy) is 1. The van der Waals surface area contributed by atoms with Gasteiger partial charge in [0.2, 0.25) is 5.89 Å². The van der Waals surface area contributed by atoms with Gasteiger partial charge in [0.15, 0.2) is 5.82 Å². The molecule has 84 valence electrons. The zero-order valence-electron chi connectivity index (χ0n) is 9.19. The predicted molar refractivity (Wildman–Crippen MR) is 54.2 cm³/mol. The maximum absolute atomic E-state index is 5.65. The Balaban J connectivity index is 2.04. The van der Waals surface area contributed by atoms with E-state index in [1.807, 2.05) is 6.92 Å². The van der Waals surface area contributed by atoms with Crippen LogP contribution in [0.5, 0.6) is 0 Å². The van der Waals surface area contributed by atoms with Gasteiger partial charge >= 0.3 is 0 Å². The highest BCUT2D eigenvalue weighted by Crippen LogP contribution is 2.37. The summed E-state index contributed by atoms with van der Waals surface area (Å²) < 4.78 is 10.6. The standard InChI is InChI=1S/C10H17N3O2/c1-7(11)9-12-8(15-13-9)6-10(14-2)4-3-5-10/h7H,3-6,11H2,1-2H3. The molecule has 0 aliphatic heterocycles. The molecule has 1 aromatic heterocycles. The van der Waals surface area contributed by atoms with Gasteiger partial charge in [-0.1, -0.05) is 5.16 Å². The lowest BCUT2D eigenvalue weighted by molar-refractivity contribution is -0.0751. The normalized spacial score (nSPS) is 21.0. The Kier molecular flexibility index (Phi) is 2.75. The van der Waals surface area contributed by atoms with Crippen molar-refractivity contribution in [1.82, 2.24) is 10.1 Å². The fourth-order valence-corrected chi connectivity index (χ4v) is 1.82. The first-order chi connectivity index (χ1) is 7.15. The van der Waals surface area contributed by atoms with Crippen molar-refractivity contribution >= 4 is 0 Å². The van der Waals surface area contributed by atoms with Crippen LogP contribution in [0.25, 0.3) is 0 Å². The summed E-state index contributed by atoms with van der Waals surface area (Å²) in [4.78, 5) is 4.24. The maximum Gasteiger partial charge on any atom is 0.229 e. The molecule has 0 amide bonds. The molecule has 1 atom stereocenters. The Morgan fingerprint density at radius 1 is 1.60 bits per heavy atom. The lowest BCUT2D eigenvalue weighted by Crippen LogP contribution is -2.41. The summed E-state index contributed by atoms with van der Waals surface area (Å²) in [5, 5.41) is 3.83. The Hall–Kier alpha value is -0.940. The summed E-state index contributed by atoms with van der Waals surface area (Å²) in [6, 6.07) is -0.178. The molecule has 1 aliphatic rings. The van der Waals surface area contributed by atoms with Gasteiger partial charge in [0, 0.05) is 7.11 Å². The van der Waals surface area contributed by atoms with Crippen molar-refractivity contribution in [3.8, 4) is 0 Å². The first-order valence-corrected chi connectivity index (χ1v) is 5.28. The van der Waals surface area contributed by atoms with E-state index >= 15 is 0 Å². The molecule has 1 aliphatic carbocycles. The highest BCUT2D eigenvalue weighted by Gasteiger charge is 2.38.